The lowest BCUT2D eigenvalue weighted by Gasteiger charge is -2.29. The van der Waals surface area contributed by atoms with E-state index in [0.717, 1.165) is 44.2 Å². The van der Waals surface area contributed by atoms with E-state index >= 15 is 0 Å². The lowest BCUT2D eigenvalue weighted by atomic mass is 9.82. The lowest BCUT2D eigenvalue weighted by molar-refractivity contribution is -0.131. The summed E-state index contributed by atoms with van der Waals surface area (Å²) in [4.78, 5) is 25.6. The molecular formula is C22H34N2O2. The molecule has 2 rings (SSSR count). The van der Waals surface area contributed by atoms with E-state index in [4.69, 9.17) is 0 Å². The third kappa shape index (κ3) is 5.58. The number of rotatable bonds is 7. The van der Waals surface area contributed by atoms with E-state index in [1.165, 1.54) is 5.56 Å². The van der Waals surface area contributed by atoms with Gasteiger partial charge in [-0.15, -0.1) is 0 Å². The molecule has 1 fully saturated rings. The smallest absolute Gasteiger partial charge is 0.247 e. The molecular weight excluding hydrogens is 324 g/mol. The topological polar surface area (TPSA) is 58.2 Å². The zero-order chi connectivity index (χ0) is 19.1. The number of carbonyl (C=O) groups excluding carboxylic acids is 2. The zero-order valence-electron chi connectivity index (χ0n) is 16.7. The van der Waals surface area contributed by atoms with Gasteiger partial charge in [-0.2, -0.15) is 0 Å². The van der Waals surface area contributed by atoms with Crippen LogP contribution in [0.4, 0.5) is 5.69 Å². The van der Waals surface area contributed by atoms with E-state index in [9.17, 15) is 9.59 Å². The minimum absolute atomic E-state index is 0.0414. The van der Waals surface area contributed by atoms with Gasteiger partial charge in [0.15, 0.2) is 0 Å². The first-order chi connectivity index (χ1) is 12.4. The molecule has 2 amide bonds. The highest BCUT2D eigenvalue weighted by Gasteiger charge is 2.30. The number of carbonyl (C=O) groups is 2. The second-order valence-electron chi connectivity index (χ2n) is 7.87. The molecule has 1 aromatic rings. The Hall–Kier alpha value is -1.84. The summed E-state index contributed by atoms with van der Waals surface area (Å²) in [5, 5.41) is 6.04. The Morgan fingerprint density at radius 1 is 1.15 bits per heavy atom. The maximum Gasteiger partial charge on any atom is 0.247 e. The molecule has 2 atom stereocenters. The van der Waals surface area contributed by atoms with Crippen molar-refractivity contribution < 1.29 is 9.59 Å². The molecule has 1 saturated carbocycles. The van der Waals surface area contributed by atoms with Crippen molar-refractivity contribution in [3.05, 3.63) is 29.8 Å². The van der Waals surface area contributed by atoms with E-state index in [1.54, 1.807) is 0 Å². The van der Waals surface area contributed by atoms with Gasteiger partial charge in [0.05, 0.1) is 0 Å². The molecule has 2 N–H and O–H groups in total. The van der Waals surface area contributed by atoms with Crippen LogP contribution in [0, 0.1) is 17.8 Å². The lowest BCUT2D eigenvalue weighted by Crippen LogP contribution is -2.49. The second kappa shape index (κ2) is 9.75. The molecule has 4 heteroatoms. The Morgan fingerprint density at radius 3 is 2.46 bits per heavy atom. The van der Waals surface area contributed by atoms with E-state index in [1.807, 2.05) is 31.2 Å². The average Bonchev–Trinajstić information content (AvgIpc) is 2.65. The van der Waals surface area contributed by atoms with E-state index < -0.39 is 6.04 Å². The average molecular weight is 359 g/mol. The molecule has 144 valence electrons. The molecule has 2 unspecified atom stereocenters. The minimum Gasteiger partial charge on any atom is -0.344 e. The van der Waals surface area contributed by atoms with E-state index in [-0.39, 0.29) is 23.7 Å². The van der Waals surface area contributed by atoms with Gasteiger partial charge in [0.2, 0.25) is 11.8 Å². The predicted octanol–water partition coefficient (Wildman–Crippen LogP) is 4.54. The molecule has 0 spiro atoms. The summed E-state index contributed by atoms with van der Waals surface area (Å²) in [5.41, 5.74) is 1.98. The summed E-state index contributed by atoms with van der Waals surface area (Å²) < 4.78 is 0. The van der Waals surface area contributed by atoms with Gasteiger partial charge in [-0.1, -0.05) is 46.2 Å². The molecule has 1 aromatic carbocycles. The van der Waals surface area contributed by atoms with Crippen LogP contribution in [0.1, 0.15) is 65.4 Å². The highest BCUT2D eigenvalue weighted by Crippen LogP contribution is 2.28. The third-order valence-corrected chi connectivity index (χ3v) is 5.78. The van der Waals surface area contributed by atoms with Crippen LogP contribution in [0.5, 0.6) is 0 Å². The van der Waals surface area contributed by atoms with Gasteiger partial charge in [-0.05, 0) is 61.6 Å². The van der Waals surface area contributed by atoms with Crippen LogP contribution in [-0.2, 0) is 16.0 Å². The number of hydrogen-bond donors (Lipinski definition) is 2. The monoisotopic (exact) mass is 358 g/mol. The summed E-state index contributed by atoms with van der Waals surface area (Å²) in [5.74, 6) is 0.771. The normalized spacial score (nSPS) is 22.3. The summed E-state index contributed by atoms with van der Waals surface area (Å²) >= 11 is 0. The molecule has 0 heterocycles. The molecule has 1 aliphatic rings. The predicted molar refractivity (Wildman–Crippen MR) is 107 cm³/mol. The van der Waals surface area contributed by atoms with Gasteiger partial charge in [-0.3, -0.25) is 9.59 Å². The van der Waals surface area contributed by atoms with Crippen molar-refractivity contribution in [2.75, 3.05) is 5.32 Å². The first-order valence-corrected chi connectivity index (χ1v) is 10.1. The summed E-state index contributed by atoms with van der Waals surface area (Å²) in [6.07, 6.45) is 5.83. The first-order valence-electron chi connectivity index (χ1n) is 10.1. The molecule has 0 aromatic heterocycles. The molecule has 4 nitrogen and oxygen atoms in total. The van der Waals surface area contributed by atoms with Crippen molar-refractivity contribution in [1.82, 2.24) is 5.32 Å². The molecule has 26 heavy (non-hydrogen) atoms. The highest BCUT2D eigenvalue weighted by atomic mass is 16.2. The van der Waals surface area contributed by atoms with Crippen LogP contribution >= 0.6 is 0 Å². The fourth-order valence-electron chi connectivity index (χ4n) is 3.58. The van der Waals surface area contributed by atoms with Crippen LogP contribution in [0.3, 0.4) is 0 Å². The Kier molecular flexibility index (Phi) is 7.67. The molecule has 0 radical (unpaired) electrons. The van der Waals surface area contributed by atoms with Gasteiger partial charge in [0.25, 0.3) is 0 Å². The van der Waals surface area contributed by atoms with Crippen LogP contribution in [0.25, 0.3) is 0 Å². The fourth-order valence-corrected chi connectivity index (χ4v) is 3.58. The number of hydrogen-bond acceptors (Lipinski definition) is 2. The molecule has 0 bridgehead atoms. The van der Waals surface area contributed by atoms with Crippen LogP contribution in [-0.4, -0.2) is 17.9 Å². The highest BCUT2D eigenvalue weighted by molar-refractivity contribution is 5.97. The number of aryl methyl sites for hydroxylation is 1. The number of benzene rings is 1. The van der Waals surface area contributed by atoms with Crippen LogP contribution in [0.15, 0.2) is 24.3 Å². The van der Waals surface area contributed by atoms with Gasteiger partial charge >= 0.3 is 0 Å². The second-order valence-corrected chi connectivity index (χ2v) is 7.87. The zero-order valence-corrected chi connectivity index (χ0v) is 16.7. The Morgan fingerprint density at radius 2 is 1.85 bits per heavy atom. The van der Waals surface area contributed by atoms with Crippen molar-refractivity contribution in [3.8, 4) is 0 Å². The van der Waals surface area contributed by atoms with E-state index in [0.29, 0.717) is 5.92 Å². The Balaban J connectivity index is 2.03. The molecule has 1 aliphatic carbocycles. The maximum absolute atomic E-state index is 12.9. The van der Waals surface area contributed by atoms with Crippen molar-refractivity contribution in [3.63, 3.8) is 0 Å². The molecule has 0 aliphatic heterocycles. The summed E-state index contributed by atoms with van der Waals surface area (Å²) in [7, 11) is 0. The number of amides is 2. The van der Waals surface area contributed by atoms with Crippen molar-refractivity contribution >= 4 is 17.5 Å². The SMILES string of the molecule is CCc1cccc(NC(=O)C(NC(=O)C2CCC(C)CC2)C(C)CC)c1. The van der Waals surface area contributed by atoms with Gasteiger partial charge < -0.3 is 10.6 Å². The quantitative estimate of drug-likeness (QED) is 0.751. The largest absolute Gasteiger partial charge is 0.344 e. The van der Waals surface area contributed by atoms with Crippen LogP contribution < -0.4 is 10.6 Å². The Labute approximate surface area is 158 Å². The number of anilines is 1. The van der Waals surface area contributed by atoms with Crippen LogP contribution in [0.2, 0.25) is 0 Å². The summed E-state index contributed by atoms with van der Waals surface area (Å²) in [6, 6.07) is 7.41. The maximum atomic E-state index is 12.9. The molecule has 0 saturated heterocycles. The van der Waals surface area contributed by atoms with Crippen molar-refractivity contribution in [1.29, 1.82) is 0 Å². The van der Waals surface area contributed by atoms with Gasteiger partial charge in [0.1, 0.15) is 6.04 Å². The third-order valence-electron chi connectivity index (χ3n) is 5.78. The fraction of sp³-hybridized carbons (Fsp3) is 0.636. The Bertz CT molecular complexity index is 606. The van der Waals surface area contributed by atoms with Gasteiger partial charge in [-0.25, -0.2) is 0 Å². The summed E-state index contributed by atoms with van der Waals surface area (Å²) in [6.45, 7) is 8.41. The van der Waals surface area contributed by atoms with Gasteiger partial charge in [0, 0.05) is 11.6 Å². The van der Waals surface area contributed by atoms with E-state index in [2.05, 4.69) is 31.4 Å². The minimum atomic E-state index is -0.489. The van der Waals surface area contributed by atoms with Crippen molar-refractivity contribution in [2.24, 2.45) is 17.8 Å². The first kappa shape index (κ1) is 20.5. The standard InChI is InChI=1S/C22H34N2O2/c1-5-16(4)20(24-21(25)18-12-10-15(3)11-13-18)22(26)23-19-9-7-8-17(6-2)14-19/h7-9,14-16,18,20H,5-6,10-13H2,1-4H3,(H,23,26)(H,24,25). The van der Waals surface area contributed by atoms with Crippen molar-refractivity contribution in [2.45, 2.75) is 72.3 Å². The number of nitrogens with one attached hydrogen (secondary N) is 2.